The van der Waals surface area contributed by atoms with Crippen molar-refractivity contribution in [2.75, 3.05) is 46.7 Å². The van der Waals surface area contributed by atoms with E-state index in [9.17, 15) is 4.79 Å². The standard InChI is InChI=1S/C13H25NO5/c1-13(18-10-11-19-13)5-6-14-12(15)4-9-17-8-3-7-16-2/h3-11H2,1-2H3,(H,14,15). The summed E-state index contributed by atoms with van der Waals surface area (Å²) in [5.41, 5.74) is 0. The predicted octanol–water partition coefficient (Wildman–Crippen LogP) is 0.699. The van der Waals surface area contributed by atoms with E-state index >= 15 is 0 Å². The number of nitrogens with one attached hydrogen (secondary N) is 1. The van der Waals surface area contributed by atoms with Gasteiger partial charge >= 0.3 is 0 Å². The van der Waals surface area contributed by atoms with Crippen molar-refractivity contribution >= 4 is 5.91 Å². The number of rotatable bonds is 10. The molecular weight excluding hydrogens is 250 g/mol. The van der Waals surface area contributed by atoms with Crippen LogP contribution in [0, 0.1) is 0 Å². The van der Waals surface area contributed by atoms with Crippen LogP contribution in [0.5, 0.6) is 0 Å². The van der Waals surface area contributed by atoms with Gasteiger partial charge in [0.05, 0.1) is 19.8 Å². The minimum Gasteiger partial charge on any atom is -0.385 e. The molecule has 0 unspecified atom stereocenters. The first-order chi connectivity index (χ1) is 9.16. The second-order valence-corrected chi connectivity index (χ2v) is 4.64. The average Bonchev–Trinajstić information content (AvgIpc) is 2.81. The molecule has 1 saturated heterocycles. The number of amides is 1. The zero-order valence-electron chi connectivity index (χ0n) is 11.9. The van der Waals surface area contributed by atoms with Gasteiger partial charge in [0.25, 0.3) is 0 Å². The molecular formula is C13H25NO5. The summed E-state index contributed by atoms with van der Waals surface area (Å²) in [6.45, 7) is 5.45. The molecule has 0 saturated carbocycles. The maximum Gasteiger partial charge on any atom is 0.222 e. The van der Waals surface area contributed by atoms with Crippen LogP contribution < -0.4 is 5.32 Å². The zero-order chi connectivity index (χ0) is 14.0. The minimum atomic E-state index is -0.538. The van der Waals surface area contributed by atoms with Crippen molar-refractivity contribution in [1.29, 1.82) is 0 Å². The van der Waals surface area contributed by atoms with E-state index in [0.29, 0.717) is 52.4 Å². The van der Waals surface area contributed by atoms with Gasteiger partial charge in [-0.1, -0.05) is 0 Å². The van der Waals surface area contributed by atoms with E-state index in [-0.39, 0.29) is 5.91 Å². The van der Waals surface area contributed by atoms with Crippen LogP contribution in [0.25, 0.3) is 0 Å². The van der Waals surface area contributed by atoms with Gasteiger partial charge in [-0.3, -0.25) is 4.79 Å². The molecule has 1 rings (SSSR count). The van der Waals surface area contributed by atoms with Gasteiger partial charge in [0, 0.05) is 39.7 Å². The first kappa shape index (κ1) is 16.4. The Balaban J connectivity index is 1.93. The predicted molar refractivity (Wildman–Crippen MR) is 69.9 cm³/mol. The van der Waals surface area contributed by atoms with Crippen molar-refractivity contribution in [3.63, 3.8) is 0 Å². The number of hydrogen-bond donors (Lipinski definition) is 1. The largest absolute Gasteiger partial charge is 0.385 e. The molecule has 1 fully saturated rings. The second kappa shape index (κ2) is 9.25. The van der Waals surface area contributed by atoms with E-state index in [4.69, 9.17) is 18.9 Å². The molecule has 0 aliphatic carbocycles. The third-order valence-corrected chi connectivity index (χ3v) is 2.91. The summed E-state index contributed by atoms with van der Waals surface area (Å²) in [5.74, 6) is -0.544. The molecule has 0 aromatic heterocycles. The highest BCUT2D eigenvalue weighted by Gasteiger charge is 2.30. The fraction of sp³-hybridized carbons (Fsp3) is 0.923. The summed E-state index contributed by atoms with van der Waals surface area (Å²) in [5, 5.41) is 2.83. The van der Waals surface area contributed by atoms with E-state index in [1.807, 2.05) is 6.92 Å². The molecule has 0 bridgehead atoms. The van der Waals surface area contributed by atoms with Crippen molar-refractivity contribution in [3.05, 3.63) is 0 Å². The van der Waals surface area contributed by atoms with E-state index in [1.54, 1.807) is 7.11 Å². The maximum atomic E-state index is 11.5. The average molecular weight is 275 g/mol. The van der Waals surface area contributed by atoms with Crippen molar-refractivity contribution in [2.24, 2.45) is 0 Å². The molecule has 1 N–H and O–H groups in total. The number of hydrogen-bond acceptors (Lipinski definition) is 5. The molecule has 1 aliphatic heterocycles. The molecule has 1 amide bonds. The molecule has 19 heavy (non-hydrogen) atoms. The molecule has 1 heterocycles. The Morgan fingerprint density at radius 2 is 2.00 bits per heavy atom. The van der Waals surface area contributed by atoms with E-state index in [2.05, 4.69) is 5.32 Å². The Bertz CT molecular complexity index is 253. The first-order valence-electron chi connectivity index (χ1n) is 6.77. The van der Waals surface area contributed by atoms with Gasteiger partial charge in [-0.25, -0.2) is 0 Å². The quantitative estimate of drug-likeness (QED) is 0.594. The third-order valence-electron chi connectivity index (χ3n) is 2.91. The van der Waals surface area contributed by atoms with Crippen LogP contribution in [0.4, 0.5) is 0 Å². The molecule has 6 nitrogen and oxygen atoms in total. The highest BCUT2D eigenvalue weighted by Crippen LogP contribution is 2.21. The fourth-order valence-electron chi connectivity index (χ4n) is 1.79. The Labute approximate surface area is 114 Å². The van der Waals surface area contributed by atoms with E-state index in [0.717, 1.165) is 6.42 Å². The summed E-state index contributed by atoms with van der Waals surface area (Å²) in [6.07, 6.45) is 1.89. The van der Waals surface area contributed by atoms with Crippen molar-refractivity contribution in [1.82, 2.24) is 5.32 Å². The van der Waals surface area contributed by atoms with Gasteiger partial charge in [-0.05, 0) is 13.3 Å². The normalized spacial score (nSPS) is 17.6. The van der Waals surface area contributed by atoms with Gasteiger partial charge in [-0.15, -0.1) is 0 Å². The first-order valence-corrected chi connectivity index (χ1v) is 6.77. The van der Waals surface area contributed by atoms with Crippen LogP contribution in [0.2, 0.25) is 0 Å². The molecule has 0 spiro atoms. The van der Waals surface area contributed by atoms with Crippen molar-refractivity contribution in [2.45, 2.75) is 32.0 Å². The minimum absolute atomic E-state index is 0.00617. The van der Waals surface area contributed by atoms with Crippen LogP contribution in [-0.4, -0.2) is 58.4 Å². The molecule has 6 heteroatoms. The van der Waals surface area contributed by atoms with Crippen LogP contribution in [-0.2, 0) is 23.7 Å². The maximum absolute atomic E-state index is 11.5. The van der Waals surface area contributed by atoms with E-state index < -0.39 is 5.79 Å². The van der Waals surface area contributed by atoms with Crippen molar-refractivity contribution < 1.29 is 23.7 Å². The highest BCUT2D eigenvalue weighted by molar-refractivity contribution is 5.75. The van der Waals surface area contributed by atoms with Gasteiger partial charge in [0.1, 0.15) is 0 Å². The highest BCUT2D eigenvalue weighted by atomic mass is 16.7. The lowest BCUT2D eigenvalue weighted by Gasteiger charge is -2.22. The van der Waals surface area contributed by atoms with Crippen LogP contribution in [0.1, 0.15) is 26.2 Å². The fourth-order valence-corrected chi connectivity index (χ4v) is 1.79. The Morgan fingerprint density at radius 3 is 2.68 bits per heavy atom. The molecule has 1 aliphatic rings. The topological polar surface area (TPSA) is 66.0 Å². The summed E-state index contributed by atoms with van der Waals surface area (Å²) in [6, 6.07) is 0. The lowest BCUT2D eigenvalue weighted by molar-refractivity contribution is -0.146. The third kappa shape index (κ3) is 7.47. The van der Waals surface area contributed by atoms with Crippen LogP contribution >= 0.6 is 0 Å². The number of methoxy groups -OCH3 is 1. The van der Waals surface area contributed by atoms with E-state index in [1.165, 1.54) is 0 Å². The van der Waals surface area contributed by atoms with Crippen LogP contribution in [0.3, 0.4) is 0 Å². The SMILES string of the molecule is COCCCOCCC(=O)NCCC1(C)OCCO1. The van der Waals surface area contributed by atoms with Gasteiger partial charge < -0.3 is 24.3 Å². The smallest absolute Gasteiger partial charge is 0.222 e. The lowest BCUT2D eigenvalue weighted by atomic mass is 10.2. The Kier molecular flexibility index (Phi) is 7.97. The zero-order valence-corrected chi connectivity index (χ0v) is 11.9. The number of carbonyl (C=O) groups excluding carboxylic acids is 1. The second-order valence-electron chi connectivity index (χ2n) is 4.64. The summed E-state index contributed by atoms with van der Waals surface area (Å²) >= 11 is 0. The summed E-state index contributed by atoms with van der Waals surface area (Å²) in [4.78, 5) is 11.5. The number of carbonyl (C=O) groups is 1. The number of ether oxygens (including phenoxy) is 4. The van der Waals surface area contributed by atoms with Crippen molar-refractivity contribution in [3.8, 4) is 0 Å². The Morgan fingerprint density at radius 1 is 1.26 bits per heavy atom. The van der Waals surface area contributed by atoms with Crippen LogP contribution in [0.15, 0.2) is 0 Å². The molecule has 0 aromatic carbocycles. The lowest BCUT2D eigenvalue weighted by Crippen LogP contribution is -2.33. The monoisotopic (exact) mass is 275 g/mol. The Hall–Kier alpha value is -0.690. The molecule has 112 valence electrons. The van der Waals surface area contributed by atoms with Gasteiger partial charge in [-0.2, -0.15) is 0 Å². The molecule has 0 aromatic rings. The summed E-state index contributed by atoms with van der Waals surface area (Å²) < 4.78 is 21.1. The summed E-state index contributed by atoms with van der Waals surface area (Å²) in [7, 11) is 1.66. The van der Waals surface area contributed by atoms with Gasteiger partial charge in [0.15, 0.2) is 5.79 Å². The molecule has 0 atom stereocenters. The van der Waals surface area contributed by atoms with Gasteiger partial charge in [0.2, 0.25) is 5.91 Å². The molecule has 0 radical (unpaired) electrons.